The van der Waals surface area contributed by atoms with Gasteiger partial charge < -0.3 is 20.5 Å². The second-order valence-corrected chi connectivity index (χ2v) is 10.5. The van der Waals surface area contributed by atoms with E-state index in [0.717, 1.165) is 61.3 Å². The number of aromatic amines is 1. The lowest BCUT2D eigenvalue weighted by Crippen LogP contribution is -2.48. The van der Waals surface area contributed by atoms with Gasteiger partial charge in [-0.2, -0.15) is 0 Å². The minimum Gasteiger partial charge on any atom is -0.368 e. The maximum atomic E-state index is 12.6. The number of aromatic nitrogens is 4. The van der Waals surface area contributed by atoms with Gasteiger partial charge in [-0.1, -0.05) is 19.3 Å². The summed E-state index contributed by atoms with van der Waals surface area (Å²) in [5.74, 6) is 1.17. The van der Waals surface area contributed by atoms with E-state index in [1.807, 2.05) is 12.3 Å². The van der Waals surface area contributed by atoms with Crippen LogP contribution in [0.5, 0.6) is 0 Å². The van der Waals surface area contributed by atoms with Crippen LogP contribution >= 0.6 is 0 Å². The maximum Gasteiger partial charge on any atom is 0.268 e. The monoisotopic (exact) mass is 474 g/mol. The number of fused-ring (bicyclic) bond motifs is 4. The molecule has 1 spiro atoms. The topological polar surface area (TPSA) is 102 Å². The van der Waals surface area contributed by atoms with Gasteiger partial charge in [0.15, 0.2) is 0 Å². The fraction of sp³-hybridized carbons (Fsp3) is 0.538. The van der Waals surface area contributed by atoms with Crippen molar-refractivity contribution in [2.75, 3.05) is 42.9 Å². The summed E-state index contributed by atoms with van der Waals surface area (Å²) in [7, 11) is 0. The Labute approximate surface area is 205 Å². The van der Waals surface area contributed by atoms with E-state index in [0.29, 0.717) is 30.0 Å². The molecule has 9 heteroatoms. The zero-order chi connectivity index (χ0) is 24.0. The van der Waals surface area contributed by atoms with Crippen LogP contribution in [-0.4, -0.2) is 69.5 Å². The molecule has 35 heavy (non-hydrogen) atoms. The van der Waals surface area contributed by atoms with Gasteiger partial charge in [0.25, 0.3) is 5.91 Å². The quantitative estimate of drug-likeness (QED) is 0.531. The third-order valence-electron chi connectivity index (χ3n) is 8.09. The van der Waals surface area contributed by atoms with Crippen LogP contribution in [0.2, 0.25) is 0 Å². The van der Waals surface area contributed by atoms with E-state index in [9.17, 15) is 4.79 Å². The molecule has 6 rings (SSSR count). The summed E-state index contributed by atoms with van der Waals surface area (Å²) < 4.78 is 0. The van der Waals surface area contributed by atoms with Gasteiger partial charge in [0.05, 0.1) is 29.1 Å². The first kappa shape index (κ1) is 22.3. The van der Waals surface area contributed by atoms with Crippen LogP contribution in [-0.2, 0) is 5.41 Å². The Morgan fingerprint density at radius 2 is 1.83 bits per heavy atom. The Hall–Kier alpha value is -3.20. The minimum atomic E-state index is -0.0461. The highest BCUT2D eigenvalue weighted by molar-refractivity contribution is 6.02. The first-order valence-electron chi connectivity index (χ1n) is 12.9. The van der Waals surface area contributed by atoms with E-state index in [-0.39, 0.29) is 11.3 Å². The van der Waals surface area contributed by atoms with Gasteiger partial charge >= 0.3 is 0 Å². The van der Waals surface area contributed by atoms with Crippen LogP contribution in [0.4, 0.5) is 17.5 Å². The molecule has 1 saturated carbocycles. The van der Waals surface area contributed by atoms with Gasteiger partial charge in [0.2, 0.25) is 5.95 Å². The molecule has 3 aromatic heterocycles. The van der Waals surface area contributed by atoms with Gasteiger partial charge in [0, 0.05) is 49.7 Å². The Bertz CT molecular complexity index is 1220. The molecule has 184 valence electrons. The van der Waals surface area contributed by atoms with Crippen LogP contribution in [0.25, 0.3) is 11.0 Å². The molecule has 0 unspecified atom stereocenters. The van der Waals surface area contributed by atoms with Gasteiger partial charge in [-0.05, 0) is 38.8 Å². The number of anilines is 3. The van der Waals surface area contributed by atoms with Crippen LogP contribution in [0.15, 0.2) is 24.5 Å². The zero-order valence-corrected chi connectivity index (χ0v) is 20.6. The summed E-state index contributed by atoms with van der Waals surface area (Å²) in [6.45, 7) is 9.37. The predicted molar refractivity (Wildman–Crippen MR) is 137 cm³/mol. The zero-order valence-electron chi connectivity index (χ0n) is 20.6. The van der Waals surface area contributed by atoms with Gasteiger partial charge in [-0.3, -0.25) is 9.69 Å². The number of nitrogens with one attached hydrogen (secondary N) is 3. The Kier molecular flexibility index (Phi) is 5.59. The summed E-state index contributed by atoms with van der Waals surface area (Å²) in [5, 5.41) is 6.38. The van der Waals surface area contributed by atoms with E-state index in [2.05, 4.69) is 55.3 Å². The largest absolute Gasteiger partial charge is 0.368 e. The van der Waals surface area contributed by atoms with Crippen molar-refractivity contribution in [1.82, 2.24) is 30.2 Å². The van der Waals surface area contributed by atoms with Crippen molar-refractivity contribution in [3.05, 3.63) is 35.8 Å². The van der Waals surface area contributed by atoms with E-state index in [4.69, 9.17) is 4.98 Å². The molecule has 1 amide bonds. The second kappa shape index (κ2) is 8.78. The number of amides is 1. The average Bonchev–Trinajstić information content (AvgIpc) is 3.28. The summed E-state index contributed by atoms with van der Waals surface area (Å²) in [5.41, 5.74) is 4.50. The molecule has 1 aliphatic carbocycles. The summed E-state index contributed by atoms with van der Waals surface area (Å²) in [4.78, 5) is 34.8. The molecule has 1 saturated heterocycles. The third-order valence-corrected chi connectivity index (χ3v) is 8.09. The summed E-state index contributed by atoms with van der Waals surface area (Å²) in [6.07, 6.45) is 9.47. The number of H-pyrrole nitrogens is 1. The standard InChI is InChI=1S/C26H34N8O/c1-17(2)33-10-12-34(13-11-33)18-6-7-20(27-14-18)31-25-28-15-19-22(32-25)21-23(30-19)24(35)29-16-26(21)8-4-3-5-9-26/h6-7,14-15,17,30H,3-5,8-13,16H2,1-2H3,(H,29,35)(H,27,28,31,32). The van der Waals surface area contributed by atoms with E-state index >= 15 is 0 Å². The smallest absolute Gasteiger partial charge is 0.268 e. The van der Waals surface area contributed by atoms with Crippen LogP contribution < -0.4 is 15.5 Å². The molecule has 3 aliphatic rings. The molecule has 3 aromatic rings. The van der Waals surface area contributed by atoms with E-state index < -0.39 is 0 Å². The predicted octanol–water partition coefficient (Wildman–Crippen LogP) is 3.57. The molecular formula is C26H34N8O. The van der Waals surface area contributed by atoms with E-state index in [1.54, 1.807) is 6.20 Å². The SMILES string of the molecule is CC(C)N1CCN(c2ccc(Nc3ncc4[nH]c5c(c4n3)C3(CCCCC3)CNC5=O)nc2)CC1. The molecule has 2 fully saturated rings. The molecule has 0 radical (unpaired) electrons. The van der Waals surface area contributed by atoms with Gasteiger partial charge in [-0.15, -0.1) is 0 Å². The van der Waals surface area contributed by atoms with Crippen molar-refractivity contribution in [2.45, 2.75) is 57.4 Å². The number of hydrogen-bond donors (Lipinski definition) is 3. The van der Waals surface area contributed by atoms with Crippen LogP contribution in [0, 0.1) is 0 Å². The van der Waals surface area contributed by atoms with Gasteiger partial charge in [0.1, 0.15) is 11.5 Å². The summed E-state index contributed by atoms with van der Waals surface area (Å²) in [6, 6.07) is 4.69. The lowest BCUT2D eigenvalue weighted by atomic mass is 9.67. The normalized spacial score (nSPS) is 20.3. The number of nitrogens with zero attached hydrogens (tertiary/aromatic N) is 5. The maximum absolute atomic E-state index is 12.6. The molecule has 5 heterocycles. The fourth-order valence-corrected chi connectivity index (χ4v) is 6.07. The number of carbonyl (C=O) groups excluding carboxylic acids is 1. The minimum absolute atomic E-state index is 0.0368. The van der Waals surface area contributed by atoms with Crippen molar-refractivity contribution >= 4 is 34.4 Å². The Morgan fingerprint density at radius 1 is 1.03 bits per heavy atom. The number of rotatable bonds is 4. The fourth-order valence-electron chi connectivity index (χ4n) is 6.07. The lowest BCUT2D eigenvalue weighted by Gasteiger charge is -2.40. The van der Waals surface area contributed by atoms with Crippen molar-refractivity contribution in [3.8, 4) is 0 Å². The number of pyridine rings is 1. The summed E-state index contributed by atoms with van der Waals surface area (Å²) >= 11 is 0. The van der Waals surface area contributed by atoms with Gasteiger partial charge in [-0.25, -0.2) is 15.0 Å². The first-order valence-corrected chi connectivity index (χ1v) is 12.9. The third kappa shape index (κ3) is 4.01. The highest BCUT2D eigenvalue weighted by atomic mass is 16.2. The number of hydrogen-bond acceptors (Lipinski definition) is 7. The highest BCUT2D eigenvalue weighted by Gasteiger charge is 2.43. The average molecular weight is 475 g/mol. The molecule has 0 atom stereocenters. The lowest BCUT2D eigenvalue weighted by molar-refractivity contribution is 0.0908. The van der Waals surface area contributed by atoms with Crippen LogP contribution in [0.1, 0.15) is 62.0 Å². The van der Waals surface area contributed by atoms with Crippen molar-refractivity contribution in [3.63, 3.8) is 0 Å². The molecule has 2 aliphatic heterocycles. The molecule has 3 N–H and O–H groups in total. The second-order valence-electron chi connectivity index (χ2n) is 10.5. The molecule has 0 aromatic carbocycles. The molecule has 9 nitrogen and oxygen atoms in total. The number of piperazine rings is 1. The number of carbonyl (C=O) groups is 1. The molecular weight excluding hydrogens is 440 g/mol. The molecule has 0 bridgehead atoms. The van der Waals surface area contributed by atoms with Crippen molar-refractivity contribution < 1.29 is 4.79 Å². The van der Waals surface area contributed by atoms with Crippen molar-refractivity contribution in [1.29, 1.82) is 0 Å². The Balaban J connectivity index is 1.24. The van der Waals surface area contributed by atoms with Crippen molar-refractivity contribution in [2.24, 2.45) is 0 Å². The highest BCUT2D eigenvalue weighted by Crippen LogP contribution is 2.45. The van der Waals surface area contributed by atoms with Crippen LogP contribution in [0.3, 0.4) is 0 Å². The Morgan fingerprint density at radius 3 is 2.54 bits per heavy atom. The van der Waals surface area contributed by atoms with E-state index in [1.165, 1.54) is 19.3 Å². The first-order chi connectivity index (χ1) is 17.0.